The number of hydrogen-bond donors (Lipinski definition) is 1. The van der Waals surface area contributed by atoms with E-state index in [2.05, 4.69) is 40.3 Å². The van der Waals surface area contributed by atoms with Gasteiger partial charge in [0.15, 0.2) is 0 Å². The lowest BCUT2D eigenvalue weighted by atomic mass is 10.2. The van der Waals surface area contributed by atoms with Crippen LogP contribution in [-0.4, -0.2) is 19.7 Å². The van der Waals surface area contributed by atoms with Crippen molar-refractivity contribution in [1.82, 2.24) is 19.7 Å². The van der Waals surface area contributed by atoms with Crippen molar-refractivity contribution in [2.24, 2.45) is 5.92 Å². The van der Waals surface area contributed by atoms with Gasteiger partial charge in [-0.05, 0) is 24.1 Å². The monoisotopic (exact) mass is 287 g/mol. The number of nitrogens with one attached hydrogen (secondary N) is 1. The summed E-state index contributed by atoms with van der Waals surface area (Å²) in [6, 6.07) is 6.20. The molecule has 0 amide bonds. The van der Waals surface area contributed by atoms with Gasteiger partial charge in [-0.25, -0.2) is 14.6 Å². The van der Waals surface area contributed by atoms with Gasteiger partial charge >= 0.3 is 0 Å². The number of nitrogens with zero attached hydrogens (tertiary/aromatic N) is 4. The molecule has 5 nitrogen and oxygen atoms in total. The molecule has 0 atom stereocenters. The lowest BCUT2D eigenvalue weighted by molar-refractivity contribution is 0.468. The Balaban J connectivity index is 1.71. The van der Waals surface area contributed by atoms with E-state index < -0.39 is 0 Å². The Morgan fingerprint density at radius 1 is 1.30 bits per heavy atom. The van der Waals surface area contributed by atoms with Crippen molar-refractivity contribution in [3.05, 3.63) is 35.9 Å². The van der Waals surface area contributed by atoms with E-state index in [1.807, 2.05) is 22.3 Å². The first-order chi connectivity index (χ1) is 9.72. The van der Waals surface area contributed by atoms with E-state index in [4.69, 9.17) is 0 Å². The number of hydrogen-bond acceptors (Lipinski definition) is 5. The Bertz CT molecular complexity index is 700. The molecule has 1 aromatic carbocycles. The second-order valence-electron chi connectivity index (χ2n) is 5.14. The number of thiazole rings is 1. The summed E-state index contributed by atoms with van der Waals surface area (Å²) >= 11 is 1.65. The summed E-state index contributed by atoms with van der Waals surface area (Å²) in [6.45, 7) is 5.93. The molecule has 20 heavy (non-hydrogen) atoms. The zero-order chi connectivity index (χ0) is 13.9. The second kappa shape index (κ2) is 5.58. The highest BCUT2D eigenvalue weighted by Crippen LogP contribution is 2.22. The third-order valence-corrected chi connectivity index (χ3v) is 3.81. The van der Waals surface area contributed by atoms with Crippen LogP contribution in [0, 0.1) is 5.92 Å². The van der Waals surface area contributed by atoms with E-state index >= 15 is 0 Å². The minimum absolute atomic E-state index is 0.559. The molecule has 2 aromatic heterocycles. The third-order valence-electron chi connectivity index (χ3n) is 3.02. The van der Waals surface area contributed by atoms with Crippen LogP contribution < -0.4 is 5.32 Å². The highest BCUT2D eigenvalue weighted by atomic mass is 32.1. The van der Waals surface area contributed by atoms with Crippen LogP contribution in [0.4, 0.5) is 5.69 Å². The number of benzene rings is 1. The summed E-state index contributed by atoms with van der Waals surface area (Å²) in [5.41, 5.74) is 4.00. The summed E-state index contributed by atoms with van der Waals surface area (Å²) in [5, 5.41) is 7.67. The quantitative estimate of drug-likeness (QED) is 0.783. The maximum Gasteiger partial charge on any atom is 0.146 e. The average Bonchev–Trinajstić information content (AvgIpc) is 3.03. The molecule has 0 radical (unpaired) electrons. The van der Waals surface area contributed by atoms with Crippen LogP contribution in [0.1, 0.15) is 19.7 Å². The van der Waals surface area contributed by atoms with Crippen molar-refractivity contribution in [3.8, 4) is 0 Å². The van der Waals surface area contributed by atoms with Crippen molar-refractivity contribution in [2.45, 2.75) is 26.9 Å². The molecule has 0 fully saturated rings. The Hall–Kier alpha value is -1.95. The topological polar surface area (TPSA) is 55.6 Å². The SMILES string of the molecule is CC(C)Cn1ncnc1CNc1ccc2ncsc2c1. The van der Waals surface area contributed by atoms with Gasteiger partial charge in [-0.15, -0.1) is 11.3 Å². The largest absolute Gasteiger partial charge is 0.378 e. The first kappa shape index (κ1) is 13.1. The van der Waals surface area contributed by atoms with Crippen LogP contribution in [0.2, 0.25) is 0 Å². The van der Waals surface area contributed by atoms with Gasteiger partial charge in [0, 0.05) is 12.2 Å². The maximum atomic E-state index is 4.32. The zero-order valence-corrected chi connectivity index (χ0v) is 12.4. The summed E-state index contributed by atoms with van der Waals surface area (Å²) in [6.07, 6.45) is 1.62. The van der Waals surface area contributed by atoms with E-state index in [-0.39, 0.29) is 0 Å². The zero-order valence-electron chi connectivity index (χ0n) is 11.6. The first-order valence-electron chi connectivity index (χ1n) is 6.66. The predicted molar refractivity (Wildman–Crippen MR) is 81.8 cm³/mol. The van der Waals surface area contributed by atoms with Crippen LogP contribution in [0.25, 0.3) is 10.2 Å². The van der Waals surface area contributed by atoms with E-state index in [9.17, 15) is 0 Å². The fourth-order valence-electron chi connectivity index (χ4n) is 2.07. The number of fused-ring (bicyclic) bond motifs is 1. The molecule has 3 aromatic rings. The third kappa shape index (κ3) is 2.80. The Labute approximate surface area is 121 Å². The van der Waals surface area contributed by atoms with Gasteiger partial charge in [0.05, 0.1) is 22.3 Å². The highest BCUT2D eigenvalue weighted by Gasteiger charge is 2.06. The molecule has 3 rings (SSSR count). The summed E-state index contributed by atoms with van der Waals surface area (Å²) < 4.78 is 3.15. The molecule has 0 saturated carbocycles. The highest BCUT2D eigenvalue weighted by molar-refractivity contribution is 7.16. The predicted octanol–water partition coefficient (Wildman–Crippen LogP) is 3.16. The molecule has 6 heteroatoms. The molecule has 1 N–H and O–H groups in total. The van der Waals surface area contributed by atoms with Crippen LogP contribution in [0.3, 0.4) is 0 Å². The van der Waals surface area contributed by atoms with Gasteiger partial charge in [-0.3, -0.25) is 0 Å². The number of aromatic nitrogens is 4. The smallest absolute Gasteiger partial charge is 0.146 e. The minimum Gasteiger partial charge on any atom is -0.378 e. The maximum absolute atomic E-state index is 4.32. The molecule has 0 aliphatic carbocycles. The molecule has 0 spiro atoms. The summed E-state index contributed by atoms with van der Waals surface area (Å²) in [5.74, 6) is 1.52. The van der Waals surface area contributed by atoms with Crippen molar-refractivity contribution in [1.29, 1.82) is 0 Å². The van der Waals surface area contributed by atoms with Gasteiger partial charge in [-0.2, -0.15) is 5.10 Å². The van der Waals surface area contributed by atoms with Gasteiger partial charge in [0.25, 0.3) is 0 Å². The van der Waals surface area contributed by atoms with Crippen LogP contribution in [0.15, 0.2) is 30.0 Å². The minimum atomic E-state index is 0.559. The molecule has 2 heterocycles. The molecular formula is C14H17N5S. The second-order valence-corrected chi connectivity index (χ2v) is 6.03. The van der Waals surface area contributed by atoms with Gasteiger partial charge in [-0.1, -0.05) is 13.8 Å². The van der Waals surface area contributed by atoms with Crippen molar-refractivity contribution in [3.63, 3.8) is 0 Å². The Morgan fingerprint density at radius 3 is 3.05 bits per heavy atom. The molecule has 0 aliphatic rings. The lowest BCUT2D eigenvalue weighted by Crippen LogP contribution is -2.13. The van der Waals surface area contributed by atoms with Gasteiger partial charge in [0.1, 0.15) is 12.2 Å². The van der Waals surface area contributed by atoms with E-state index in [1.165, 1.54) is 4.70 Å². The fraction of sp³-hybridized carbons (Fsp3) is 0.357. The van der Waals surface area contributed by atoms with Crippen LogP contribution >= 0.6 is 11.3 Å². The van der Waals surface area contributed by atoms with E-state index in [1.54, 1.807) is 17.7 Å². The lowest BCUT2D eigenvalue weighted by Gasteiger charge is -2.10. The molecule has 0 aliphatic heterocycles. The van der Waals surface area contributed by atoms with Crippen LogP contribution in [-0.2, 0) is 13.1 Å². The van der Waals surface area contributed by atoms with Gasteiger partial charge < -0.3 is 5.32 Å². The summed E-state index contributed by atoms with van der Waals surface area (Å²) in [7, 11) is 0. The van der Waals surface area contributed by atoms with E-state index in [0.717, 1.165) is 23.6 Å². The van der Waals surface area contributed by atoms with Gasteiger partial charge in [0.2, 0.25) is 0 Å². The molecule has 0 saturated heterocycles. The Morgan fingerprint density at radius 2 is 2.20 bits per heavy atom. The van der Waals surface area contributed by atoms with Crippen molar-refractivity contribution < 1.29 is 0 Å². The first-order valence-corrected chi connectivity index (χ1v) is 7.54. The average molecular weight is 287 g/mol. The standard InChI is InChI=1S/C14H17N5S/c1-10(2)7-19-14(16-8-18-19)6-15-11-3-4-12-13(5-11)20-9-17-12/h3-5,8-10,15H,6-7H2,1-2H3. The molecule has 0 unspecified atom stereocenters. The number of rotatable bonds is 5. The van der Waals surface area contributed by atoms with E-state index in [0.29, 0.717) is 12.5 Å². The Kier molecular flexibility index (Phi) is 3.64. The molecule has 104 valence electrons. The molecule has 0 bridgehead atoms. The fourth-order valence-corrected chi connectivity index (χ4v) is 2.79. The number of anilines is 1. The van der Waals surface area contributed by atoms with Crippen molar-refractivity contribution in [2.75, 3.05) is 5.32 Å². The van der Waals surface area contributed by atoms with Crippen LogP contribution in [0.5, 0.6) is 0 Å². The molecular weight excluding hydrogens is 270 g/mol. The normalized spacial score (nSPS) is 11.3. The summed E-state index contributed by atoms with van der Waals surface area (Å²) in [4.78, 5) is 8.60. The van der Waals surface area contributed by atoms with Crippen molar-refractivity contribution >= 4 is 27.2 Å².